The summed E-state index contributed by atoms with van der Waals surface area (Å²) in [6.07, 6.45) is 4.99. The average molecular weight is 254 g/mol. The maximum atomic E-state index is 9.69. The summed E-state index contributed by atoms with van der Waals surface area (Å²) in [6.45, 7) is 0. The number of furan rings is 1. The van der Waals surface area contributed by atoms with E-state index in [0.29, 0.717) is 17.1 Å². The number of nitrogens with zero attached hydrogens (tertiary/aromatic N) is 2. The van der Waals surface area contributed by atoms with E-state index >= 15 is 0 Å². The standard InChI is InChI=1S/C14H10N2O3/c17-12-6-2-1-5-11(12)14-15-13(16-19-14)8-7-10-4-3-9-18-10/h1-9,17H/b8-7+. The van der Waals surface area contributed by atoms with Crippen LogP contribution in [0, 0.1) is 0 Å². The predicted molar refractivity (Wildman–Crippen MR) is 69.0 cm³/mol. The molecule has 2 heterocycles. The van der Waals surface area contributed by atoms with E-state index in [2.05, 4.69) is 10.1 Å². The number of aromatic hydroxyl groups is 1. The molecule has 0 aliphatic rings. The van der Waals surface area contributed by atoms with E-state index in [0.717, 1.165) is 0 Å². The zero-order valence-electron chi connectivity index (χ0n) is 9.85. The van der Waals surface area contributed by atoms with Crippen LogP contribution in [0.3, 0.4) is 0 Å². The summed E-state index contributed by atoms with van der Waals surface area (Å²) < 4.78 is 10.3. The van der Waals surface area contributed by atoms with Gasteiger partial charge in [0.25, 0.3) is 5.89 Å². The van der Waals surface area contributed by atoms with Gasteiger partial charge in [-0.2, -0.15) is 4.98 Å². The number of aromatic nitrogens is 2. The number of phenolic OH excluding ortho intramolecular Hbond substituents is 1. The highest BCUT2D eigenvalue weighted by atomic mass is 16.5. The predicted octanol–water partition coefficient (Wildman–Crippen LogP) is 3.21. The van der Waals surface area contributed by atoms with Crippen LogP contribution in [-0.2, 0) is 0 Å². The first-order chi connectivity index (χ1) is 9.33. The Morgan fingerprint density at radius 3 is 2.74 bits per heavy atom. The molecule has 5 heteroatoms. The summed E-state index contributed by atoms with van der Waals surface area (Å²) in [5, 5.41) is 13.5. The molecule has 3 aromatic rings. The normalized spacial score (nSPS) is 11.2. The third-order valence-corrected chi connectivity index (χ3v) is 2.52. The van der Waals surface area contributed by atoms with Crippen LogP contribution in [0.2, 0.25) is 0 Å². The molecule has 0 aliphatic heterocycles. The average Bonchev–Trinajstić information content (AvgIpc) is 3.08. The Kier molecular flexibility index (Phi) is 2.86. The van der Waals surface area contributed by atoms with Crippen LogP contribution >= 0.6 is 0 Å². The van der Waals surface area contributed by atoms with Crippen LogP contribution in [0.1, 0.15) is 11.6 Å². The summed E-state index contributed by atoms with van der Waals surface area (Å²) in [5.74, 6) is 1.49. The van der Waals surface area contributed by atoms with Gasteiger partial charge in [0, 0.05) is 0 Å². The molecule has 0 aliphatic carbocycles. The van der Waals surface area contributed by atoms with Gasteiger partial charge in [0.15, 0.2) is 5.82 Å². The maximum absolute atomic E-state index is 9.69. The van der Waals surface area contributed by atoms with Crippen molar-refractivity contribution in [3.63, 3.8) is 0 Å². The Balaban J connectivity index is 1.86. The summed E-state index contributed by atoms with van der Waals surface area (Å²) in [5.41, 5.74) is 0.507. The minimum Gasteiger partial charge on any atom is -0.507 e. The van der Waals surface area contributed by atoms with Crippen molar-refractivity contribution in [2.45, 2.75) is 0 Å². The molecule has 0 saturated heterocycles. The van der Waals surface area contributed by atoms with Crippen molar-refractivity contribution in [2.24, 2.45) is 0 Å². The molecule has 5 nitrogen and oxygen atoms in total. The first kappa shape index (κ1) is 11.3. The number of phenols is 1. The summed E-state index contributed by atoms with van der Waals surface area (Å²) in [4.78, 5) is 4.17. The topological polar surface area (TPSA) is 72.3 Å². The lowest BCUT2D eigenvalue weighted by atomic mass is 10.2. The molecule has 94 valence electrons. The van der Waals surface area contributed by atoms with Crippen molar-refractivity contribution in [2.75, 3.05) is 0 Å². The van der Waals surface area contributed by atoms with E-state index in [-0.39, 0.29) is 11.6 Å². The molecule has 0 radical (unpaired) electrons. The fourth-order valence-electron chi connectivity index (χ4n) is 1.61. The summed E-state index contributed by atoms with van der Waals surface area (Å²) in [7, 11) is 0. The summed E-state index contributed by atoms with van der Waals surface area (Å²) in [6, 6.07) is 10.4. The molecule has 0 fully saturated rings. The van der Waals surface area contributed by atoms with Crippen molar-refractivity contribution in [1.82, 2.24) is 10.1 Å². The fraction of sp³-hybridized carbons (Fsp3) is 0. The smallest absolute Gasteiger partial charge is 0.261 e. The van der Waals surface area contributed by atoms with Crippen LogP contribution < -0.4 is 0 Å². The molecule has 0 unspecified atom stereocenters. The SMILES string of the molecule is Oc1ccccc1-c1nc(/C=C/c2ccco2)no1. The minimum atomic E-state index is 0.104. The Morgan fingerprint density at radius 1 is 1.05 bits per heavy atom. The maximum Gasteiger partial charge on any atom is 0.261 e. The molecular formula is C14H10N2O3. The third-order valence-electron chi connectivity index (χ3n) is 2.52. The molecule has 3 rings (SSSR count). The number of hydrogen-bond acceptors (Lipinski definition) is 5. The number of rotatable bonds is 3. The van der Waals surface area contributed by atoms with E-state index in [1.807, 2.05) is 6.07 Å². The number of hydrogen-bond donors (Lipinski definition) is 1. The highest BCUT2D eigenvalue weighted by Gasteiger charge is 2.10. The largest absolute Gasteiger partial charge is 0.507 e. The van der Waals surface area contributed by atoms with Gasteiger partial charge in [0.2, 0.25) is 0 Å². The molecule has 1 N–H and O–H groups in total. The van der Waals surface area contributed by atoms with Crippen molar-refractivity contribution in [3.8, 4) is 17.2 Å². The molecule has 0 spiro atoms. The van der Waals surface area contributed by atoms with Crippen molar-refractivity contribution < 1.29 is 14.0 Å². The third kappa shape index (κ3) is 2.40. The second-order valence-electron chi connectivity index (χ2n) is 3.82. The van der Waals surface area contributed by atoms with Crippen molar-refractivity contribution >= 4 is 12.2 Å². The second-order valence-corrected chi connectivity index (χ2v) is 3.82. The van der Waals surface area contributed by atoms with Crippen LogP contribution in [0.4, 0.5) is 0 Å². The van der Waals surface area contributed by atoms with Gasteiger partial charge in [-0.05, 0) is 36.4 Å². The molecule has 0 bridgehead atoms. The van der Waals surface area contributed by atoms with Crippen LogP contribution in [-0.4, -0.2) is 15.2 Å². The second kappa shape index (κ2) is 4.81. The highest BCUT2D eigenvalue weighted by molar-refractivity contribution is 5.66. The molecule has 0 amide bonds. The van der Waals surface area contributed by atoms with Gasteiger partial charge in [-0.25, -0.2) is 0 Å². The fourth-order valence-corrected chi connectivity index (χ4v) is 1.61. The first-order valence-electron chi connectivity index (χ1n) is 5.66. The lowest BCUT2D eigenvalue weighted by molar-refractivity contribution is 0.423. The molecule has 0 saturated carbocycles. The van der Waals surface area contributed by atoms with E-state index in [1.165, 1.54) is 0 Å². The minimum absolute atomic E-state index is 0.104. The van der Waals surface area contributed by atoms with E-state index in [1.54, 1.807) is 48.7 Å². The summed E-state index contributed by atoms with van der Waals surface area (Å²) >= 11 is 0. The van der Waals surface area contributed by atoms with E-state index < -0.39 is 0 Å². The zero-order chi connectivity index (χ0) is 13.1. The Morgan fingerprint density at radius 2 is 1.95 bits per heavy atom. The number of para-hydroxylation sites is 1. The van der Waals surface area contributed by atoms with Crippen LogP contribution in [0.25, 0.3) is 23.6 Å². The molecule has 1 aromatic carbocycles. The Labute approximate surface area is 108 Å². The lowest BCUT2D eigenvalue weighted by Gasteiger charge is -1.96. The van der Waals surface area contributed by atoms with Gasteiger partial charge < -0.3 is 14.0 Å². The quantitative estimate of drug-likeness (QED) is 0.777. The van der Waals surface area contributed by atoms with Gasteiger partial charge in [0.05, 0.1) is 11.8 Å². The molecule has 19 heavy (non-hydrogen) atoms. The zero-order valence-corrected chi connectivity index (χ0v) is 9.85. The van der Waals surface area contributed by atoms with Gasteiger partial charge in [-0.15, -0.1) is 0 Å². The highest BCUT2D eigenvalue weighted by Crippen LogP contribution is 2.27. The monoisotopic (exact) mass is 254 g/mol. The van der Waals surface area contributed by atoms with Crippen molar-refractivity contribution in [1.29, 1.82) is 0 Å². The van der Waals surface area contributed by atoms with E-state index in [9.17, 15) is 5.11 Å². The molecular weight excluding hydrogens is 244 g/mol. The van der Waals surface area contributed by atoms with Crippen LogP contribution in [0.15, 0.2) is 51.6 Å². The van der Waals surface area contributed by atoms with Gasteiger partial charge in [-0.3, -0.25) is 0 Å². The van der Waals surface area contributed by atoms with Crippen molar-refractivity contribution in [3.05, 3.63) is 54.2 Å². The van der Waals surface area contributed by atoms with Gasteiger partial charge >= 0.3 is 0 Å². The Hall–Kier alpha value is -2.82. The Bertz CT molecular complexity index is 699. The molecule has 2 aromatic heterocycles. The molecule has 0 atom stereocenters. The first-order valence-corrected chi connectivity index (χ1v) is 5.66. The van der Waals surface area contributed by atoms with Gasteiger partial charge in [-0.1, -0.05) is 17.3 Å². The number of benzene rings is 1. The van der Waals surface area contributed by atoms with Crippen LogP contribution in [0.5, 0.6) is 5.75 Å². The van der Waals surface area contributed by atoms with Gasteiger partial charge in [0.1, 0.15) is 11.5 Å². The van der Waals surface area contributed by atoms with E-state index in [4.69, 9.17) is 8.94 Å². The lowest BCUT2D eigenvalue weighted by Crippen LogP contribution is -1.79.